The maximum atomic E-state index is 12.5. The number of hydrogen-bond donors (Lipinski definition) is 1. The highest BCUT2D eigenvalue weighted by molar-refractivity contribution is 7.10. The molecule has 3 rings (SSSR count). The molecule has 1 N–H and O–H groups in total. The highest BCUT2D eigenvalue weighted by Gasteiger charge is 2.26. The molecule has 2 fully saturated rings. The van der Waals surface area contributed by atoms with Crippen molar-refractivity contribution in [2.75, 3.05) is 44.2 Å². The number of hydrogen-bond acceptors (Lipinski definition) is 6. The van der Waals surface area contributed by atoms with E-state index < -0.39 is 0 Å². The fraction of sp³-hybridized carbons (Fsp3) is 0.688. The zero-order valence-electron chi connectivity index (χ0n) is 13.5. The van der Waals surface area contributed by atoms with Crippen molar-refractivity contribution in [3.8, 4) is 6.07 Å². The molecule has 6 nitrogen and oxygen atoms in total. The van der Waals surface area contributed by atoms with Crippen LogP contribution in [-0.4, -0.2) is 54.4 Å². The average molecular weight is 333 g/mol. The lowest BCUT2D eigenvalue weighted by atomic mass is 9.94. The van der Waals surface area contributed by atoms with Crippen molar-refractivity contribution in [3.05, 3.63) is 11.3 Å². The number of piperazine rings is 1. The number of anilines is 1. The molecule has 124 valence electrons. The van der Waals surface area contributed by atoms with Gasteiger partial charge in [-0.25, -0.2) is 0 Å². The minimum atomic E-state index is 0.289. The van der Waals surface area contributed by atoms with Gasteiger partial charge in [0, 0.05) is 32.6 Å². The zero-order valence-corrected chi connectivity index (χ0v) is 14.4. The zero-order chi connectivity index (χ0) is 16.2. The standard InChI is InChI=1S/C16H23N5OS/c1-12-14(11-17)16(23-19-12)21-8-6-20(7-9-21)15(22)10-13-2-4-18-5-3-13/h13,18H,2-10H2,1H3. The predicted molar refractivity (Wildman–Crippen MR) is 90.6 cm³/mol. The summed E-state index contributed by atoms with van der Waals surface area (Å²) >= 11 is 1.39. The fourth-order valence-corrected chi connectivity index (χ4v) is 4.22. The molecule has 2 saturated heterocycles. The molecule has 0 saturated carbocycles. The number of aryl methyl sites for hydroxylation is 1. The summed E-state index contributed by atoms with van der Waals surface area (Å²) < 4.78 is 4.29. The second-order valence-corrected chi connectivity index (χ2v) is 7.08. The summed E-state index contributed by atoms with van der Waals surface area (Å²) in [7, 11) is 0. The Balaban J connectivity index is 1.53. The predicted octanol–water partition coefficient (Wildman–Crippen LogP) is 1.36. The number of carbonyl (C=O) groups excluding carboxylic acids is 1. The minimum Gasteiger partial charge on any atom is -0.358 e. The normalized spacial score (nSPS) is 19.7. The Morgan fingerprint density at radius 1 is 1.35 bits per heavy atom. The third-order valence-corrected chi connectivity index (χ3v) is 5.80. The Hall–Kier alpha value is -1.65. The van der Waals surface area contributed by atoms with Crippen molar-refractivity contribution in [2.45, 2.75) is 26.2 Å². The molecule has 2 aliphatic rings. The topological polar surface area (TPSA) is 72.3 Å². The van der Waals surface area contributed by atoms with Crippen molar-refractivity contribution >= 4 is 22.4 Å². The van der Waals surface area contributed by atoms with Crippen molar-refractivity contribution < 1.29 is 4.79 Å². The van der Waals surface area contributed by atoms with Crippen LogP contribution in [0.25, 0.3) is 0 Å². The van der Waals surface area contributed by atoms with Crippen molar-refractivity contribution in [2.24, 2.45) is 5.92 Å². The maximum absolute atomic E-state index is 12.5. The van der Waals surface area contributed by atoms with E-state index >= 15 is 0 Å². The van der Waals surface area contributed by atoms with Crippen LogP contribution in [-0.2, 0) is 4.79 Å². The third-order valence-electron chi connectivity index (χ3n) is 4.80. The average Bonchev–Trinajstić information content (AvgIpc) is 2.96. The van der Waals surface area contributed by atoms with Crippen LogP contribution in [0.1, 0.15) is 30.5 Å². The lowest BCUT2D eigenvalue weighted by molar-refractivity contribution is -0.132. The molecular weight excluding hydrogens is 310 g/mol. The van der Waals surface area contributed by atoms with E-state index in [2.05, 4.69) is 20.7 Å². The summed E-state index contributed by atoms with van der Waals surface area (Å²) in [4.78, 5) is 16.6. The van der Waals surface area contributed by atoms with Crippen LogP contribution in [0.15, 0.2) is 0 Å². The first kappa shape index (κ1) is 16.2. The second-order valence-electron chi connectivity index (χ2n) is 6.33. The lowest BCUT2D eigenvalue weighted by Gasteiger charge is -2.36. The first-order valence-corrected chi connectivity index (χ1v) is 9.06. The van der Waals surface area contributed by atoms with Crippen LogP contribution < -0.4 is 10.2 Å². The van der Waals surface area contributed by atoms with E-state index in [4.69, 9.17) is 0 Å². The van der Waals surface area contributed by atoms with Crippen molar-refractivity contribution in [1.29, 1.82) is 5.26 Å². The summed E-state index contributed by atoms with van der Waals surface area (Å²) in [5, 5.41) is 13.6. The van der Waals surface area contributed by atoms with Gasteiger partial charge in [-0.15, -0.1) is 0 Å². The van der Waals surface area contributed by atoms with E-state index in [9.17, 15) is 10.1 Å². The first-order chi connectivity index (χ1) is 11.2. The van der Waals surface area contributed by atoms with Crippen molar-refractivity contribution in [3.63, 3.8) is 0 Å². The molecule has 0 atom stereocenters. The van der Waals surface area contributed by atoms with Gasteiger partial charge in [0.05, 0.1) is 5.69 Å². The smallest absolute Gasteiger partial charge is 0.222 e. The quantitative estimate of drug-likeness (QED) is 0.904. The van der Waals surface area contributed by atoms with Crippen LogP contribution in [0, 0.1) is 24.2 Å². The minimum absolute atomic E-state index is 0.289. The molecule has 1 aromatic rings. The van der Waals surface area contributed by atoms with Gasteiger partial charge in [-0.2, -0.15) is 9.64 Å². The summed E-state index contributed by atoms with van der Waals surface area (Å²) in [6, 6.07) is 2.25. The van der Waals surface area contributed by atoms with Gasteiger partial charge in [-0.3, -0.25) is 4.79 Å². The molecule has 0 unspecified atom stereocenters. The second kappa shape index (κ2) is 7.28. The SMILES string of the molecule is Cc1nsc(N2CCN(C(=O)CC3CCNCC3)CC2)c1C#N. The monoisotopic (exact) mass is 333 g/mol. The summed E-state index contributed by atoms with van der Waals surface area (Å²) in [5.41, 5.74) is 1.49. The Morgan fingerprint density at radius 3 is 2.70 bits per heavy atom. The number of aromatic nitrogens is 1. The first-order valence-electron chi connectivity index (χ1n) is 8.29. The highest BCUT2D eigenvalue weighted by atomic mass is 32.1. The molecule has 1 amide bonds. The number of nitrogens with zero attached hydrogens (tertiary/aromatic N) is 4. The van der Waals surface area contributed by atoms with Gasteiger partial charge in [0.15, 0.2) is 0 Å². The Morgan fingerprint density at radius 2 is 2.04 bits per heavy atom. The van der Waals surface area contributed by atoms with Gasteiger partial charge in [-0.1, -0.05) is 0 Å². The van der Waals surface area contributed by atoms with Crippen LogP contribution in [0.5, 0.6) is 0 Å². The van der Waals surface area contributed by atoms with E-state index in [1.54, 1.807) is 0 Å². The van der Waals surface area contributed by atoms with E-state index in [-0.39, 0.29) is 5.91 Å². The molecule has 0 radical (unpaired) electrons. The van der Waals surface area contributed by atoms with Gasteiger partial charge in [0.2, 0.25) is 5.91 Å². The molecular formula is C16H23N5OS. The van der Waals surface area contributed by atoms with E-state index in [1.165, 1.54) is 11.5 Å². The number of nitrogens with one attached hydrogen (secondary N) is 1. The van der Waals surface area contributed by atoms with Crippen LogP contribution in [0.4, 0.5) is 5.00 Å². The Bertz CT molecular complexity index is 594. The molecule has 1 aromatic heterocycles. The number of rotatable bonds is 3. The van der Waals surface area contributed by atoms with E-state index in [0.29, 0.717) is 17.9 Å². The van der Waals surface area contributed by atoms with Crippen LogP contribution >= 0.6 is 11.5 Å². The number of nitriles is 1. The summed E-state index contributed by atoms with van der Waals surface area (Å²) in [6.07, 6.45) is 2.90. The number of amides is 1. The maximum Gasteiger partial charge on any atom is 0.222 e. The highest BCUT2D eigenvalue weighted by Crippen LogP contribution is 2.29. The molecule has 2 aliphatic heterocycles. The van der Waals surface area contributed by atoms with Crippen molar-refractivity contribution in [1.82, 2.24) is 14.6 Å². The number of piperidine rings is 1. The van der Waals surface area contributed by atoms with Gasteiger partial charge in [0.25, 0.3) is 0 Å². The molecule has 0 aromatic carbocycles. The lowest BCUT2D eigenvalue weighted by Crippen LogP contribution is -2.49. The van der Waals surface area contributed by atoms with Gasteiger partial charge in [-0.05, 0) is 50.3 Å². The van der Waals surface area contributed by atoms with Crippen LogP contribution in [0.3, 0.4) is 0 Å². The summed E-state index contributed by atoms with van der Waals surface area (Å²) in [6.45, 7) is 7.00. The number of carbonyl (C=O) groups is 1. The van der Waals surface area contributed by atoms with Crippen LogP contribution in [0.2, 0.25) is 0 Å². The molecule has 3 heterocycles. The Labute approximate surface area is 141 Å². The van der Waals surface area contributed by atoms with E-state index in [1.807, 2.05) is 11.8 Å². The largest absolute Gasteiger partial charge is 0.358 e. The fourth-order valence-electron chi connectivity index (χ4n) is 3.32. The van der Waals surface area contributed by atoms with Gasteiger partial charge in [0.1, 0.15) is 16.6 Å². The van der Waals surface area contributed by atoms with Gasteiger partial charge < -0.3 is 15.1 Å². The third kappa shape index (κ3) is 3.65. The molecule has 0 bridgehead atoms. The van der Waals surface area contributed by atoms with E-state index in [0.717, 1.165) is 62.8 Å². The molecule has 7 heteroatoms. The summed E-state index contributed by atoms with van der Waals surface area (Å²) in [5.74, 6) is 0.827. The molecule has 0 aliphatic carbocycles. The Kier molecular flexibility index (Phi) is 5.13. The molecule has 23 heavy (non-hydrogen) atoms. The molecule has 0 spiro atoms. The van der Waals surface area contributed by atoms with Gasteiger partial charge >= 0.3 is 0 Å².